The quantitative estimate of drug-likeness (QED) is 0.737. The number of halogens is 2. The molecule has 0 atom stereocenters. The first-order valence-corrected chi connectivity index (χ1v) is 8.21. The predicted octanol–water partition coefficient (Wildman–Crippen LogP) is 3.60. The van der Waals surface area contributed by atoms with Crippen molar-refractivity contribution in [2.45, 2.75) is 24.9 Å². The smallest absolute Gasteiger partial charge is 0.181 e. The van der Waals surface area contributed by atoms with Crippen molar-refractivity contribution in [1.82, 2.24) is 14.8 Å². The molecular formula is C18H16F2N4. The van der Waals surface area contributed by atoms with Gasteiger partial charge in [0.15, 0.2) is 5.65 Å². The first kappa shape index (κ1) is 13.9. The van der Waals surface area contributed by atoms with E-state index in [0.717, 1.165) is 11.1 Å². The molecule has 3 heterocycles. The third kappa shape index (κ3) is 2.25. The lowest BCUT2D eigenvalue weighted by Crippen LogP contribution is -2.48. The maximum absolute atomic E-state index is 14.3. The van der Waals surface area contributed by atoms with E-state index in [9.17, 15) is 8.78 Å². The standard InChI is InChI=1S/C18H16F2N4/c19-14-9-23(10-14)15-3-4-16(20)17(6-15)24-8-13-5-12(11-1-2-11)7-21-18(13)22-24/h3-8,11,14H,1-2,9-10H2. The van der Waals surface area contributed by atoms with Crippen LogP contribution in [0.1, 0.15) is 24.3 Å². The molecule has 2 aromatic heterocycles. The Morgan fingerprint density at radius 2 is 1.96 bits per heavy atom. The van der Waals surface area contributed by atoms with Crippen molar-refractivity contribution in [2.24, 2.45) is 0 Å². The summed E-state index contributed by atoms with van der Waals surface area (Å²) in [4.78, 5) is 6.29. The molecule has 24 heavy (non-hydrogen) atoms. The highest BCUT2D eigenvalue weighted by atomic mass is 19.1. The van der Waals surface area contributed by atoms with Crippen LogP contribution >= 0.6 is 0 Å². The van der Waals surface area contributed by atoms with Crippen molar-refractivity contribution in [1.29, 1.82) is 0 Å². The SMILES string of the molecule is Fc1ccc(N2CC(F)C2)cc1-n1cc2cc(C3CC3)cnc2n1. The Labute approximate surface area is 137 Å². The average molecular weight is 326 g/mol. The lowest BCUT2D eigenvalue weighted by Gasteiger charge is -2.36. The first-order valence-electron chi connectivity index (χ1n) is 8.21. The summed E-state index contributed by atoms with van der Waals surface area (Å²) in [5.74, 6) is 0.261. The number of anilines is 1. The molecule has 0 bridgehead atoms. The zero-order valence-electron chi connectivity index (χ0n) is 13.0. The van der Waals surface area contributed by atoms with Crippen LogP contribution in [-0.4, -0.2) is 34.0 Å². The average Bonchev–Trinajstić information content (AvgIpc) is 3.31. The molecule has 0 unspecified atom stereocenters. The maximum Gasteiger partial charge on any atom is 0.181 e. The second kappa shape index (κ2) is 5.00. The number of nitrogens with zero attached hydrogens (tertiary/aromatic N) is 4. The fourth-order valence-electron chi connectivity index (χ4n) is 3.21. The molecule has 2 aliphatic rings. The van der Waals surface area contributed by atoms with E-state index in [1.165, 1.54) is 29.2 Å². The number of rotatable bonds is 3. The molecule has 3 aromatic rings. The summed E-state index contributed by atoms with van der Waals surface area (Å²) in [5.41, 5.74) is 3.01. The van der Waals surface area contributed by atoms with E-state index < -0.39 is 6.17 Å². The maximum atomic E-state index is 14.3. The van der Waals surface area contributed by atoms with Gasteiger partial charge in [-0.2, -0.15) is 0 Å². The van der Waals surface area contributed by atoms with Gasteiger partial charge < -0.3 is 4.90 Å². The highest BCUT2D eigenvalue weighted by Gasteiger charge is 2.27. The summed E-state index contributed by atoms with van der Waals surface area (Å²) >= 11 is 0. The molecule has 0 spiro atoms. The van der Waals surface area contributed by atoms with E-state index in [2.05, 4.69) is 16.1 Å². The van der Waals surface area contributed by atoms with Gasteiger partial charge in [0, 0.05) is 23.5 Å². The minimum Gasteiger partial charge on any atom is -0.365 e. The summed E-state index contributed by atoms with van der Waals surface area (Å²) in [7, 11) is 0. The van der Waals surface area contributed by atoms with Gasteiger partial charge in [-0.3, -0.25) is 0 Å². The van der Waals surface area contributed by atoms with Crippen LogP contribution in [0.2, 0.25) is 0 Å². The Morgan fingerprint density at radius 1 is 1.12 bits per heavy atom. The Kier molecular flexibility index (Phi) is 2.89. The summed E-state index contributed by atoms with van der Waals surface area (Å²) < 4.78 is 28.9. The third-order valence-corrected chi connectivity index (χ3v) is 4.81. The number of alkyl halides is 1. The number of fused-ring (bicyclic) bond motifs is 1. The van der Waals surface area contributed by atoms with Crippen molar-refractivity contribution in [2.75, 3.05) is 18.0 Å². The summed E-state index contributed by atoms with van der Waals surface area (Å²) in [5, 5.41) is 5.31. The van der Waals surface area contributed by atoms with Gasteiger partial charge in [-0.15, -0.1) is 5.10 Å². The summed E-state index contributed by atoms with van der Waals surface area (Å²) in [6.45, 7) is 0.719. The molecule has 4 nitrogen and oxygen atoms in total. The van der Waals surface area contributed by atoms with Crippen LogP contribution < -0.4 is 4.90 Å². The van der Waals surface area contributed by atoms with E-state index in [1.54, 1.807) is 12.1 Å². The van der Waals surface area contributed by atoms with Crippen LogP contribution in [0, 0.1) is 5.82 Å². The largest absolute Gasteiger partial charge is 0.365 e. The molecule has 1 aliphatic carbocycles. The van der Waals surface area contributed by atoms with E-state index in [-0.39, 0.29) is 5.82 Å². The number of hydrogen-bond acceptors (Lipinski definition) is 3. The van der Waals surface area contributed by atoms with Crippen LogP contribution in [0.15, 0.2) is 36.7 Å². The van der Waals surface area contributed by atoms with Crippen LogP contribution in [0.5, 0.6) is 0 Å². The molecular weight excluding hydrogens is 310 g/mol. The van der Waals surface area contributed by atoms with Gasteiger partial charge in [-0.25, -0.2) is 18.4 Å². The lowest BCUT2D eigenvalue weighted by molar-refractivity contribution is 0.275. The van der Waals surface area contributed by atoms with Crippen LogP contribution in [0.25, 0.3) is 16.7 Å². The molecule has 1 aliphatic heterocycles. The highest BCUT2D eigenvalue weighted by Crippen LogP contribution is 2.40. The van der Waals surface area contributed by atoms with Gasteiger partial charge in [-0.05, 0) is 48.6 Å². The van der Waals surface area contributed by atoms with E-state index in [0.29, 0.717) is 30.3 Å². The van der Waals surface area contributed by atoms with Crippen LogP contribution in [0.4, 0.5) is 14.5 Å². The van der Waals surface area contributed by atoms with Crippen molar-refractivity contribution in [3.63, 3.8) is 0 Å². The fourth-order valence-corrected chi connectivity index (χ4v) is 3.21. The van der Waals surface area contributed by atoms with Gasteiger partial charge in [0.1, 0.15) is 17.7 Å². The minimum absolute atomic E-state index is 0.355. The first-order chi connectivity index (χ1) is 11.7. The van der Waals surface area contributed by atoms with Gasteiger partial charge in [0.25, 0.3) is 0 Å². The Morgan fingerprint density at radius 3 is 2.71 bits per heavy atom. The van der Waals surface area contributed by atoms with Gasteiger partial charge in [-0.1, -0.05) is 0 Å². The monoisotopic (exact) mass is 326 g/mol. The molecule has 0 radical (unpaired) electrons. The third-order valence-electron chi connectivity index (χ3n) is 4.81. The molecule has 2 fully saturated rings. The topological polar surface area (TPSA) is 34.0 Å². The van der Waals surface area contributed by atoms with Gasteiger partial charge >= 0.3 is 0 Å². The molecule has 1 saturated heterocycles. The van der Waals surface area contributed by atoms with E-state index >= 15 is 0 Å². The molecule has 0 N–H and O–H groups in total. The molecule has 122 valence electrons. The number of benzene rings is 1. The second-order valence-electron chi connectivity index (χ2n) is 6.67. The molecule has 5 rings (SSSR count). The molecule has 0 amide bonds. The lowest BCUT2D eigenvalue weighted by atomic mass is 10.1. The van der Waals surface area contributed by atoms with Gasteiger partial charge in [0.2, 0.25) is 0 Å². The zero-order chi connectivity index (χ0) is 16.3. The second-order valence-corrected chi connectivity index (χ2v) is 6.67. The van der Waals surface area contributed by atoms with Crippen molar-refractivity contribution < 1.29 is 8.78 Å². The van der Waals surface area contributed by atoms with Gasteiger partial charge in [0.05, 0.1) is 13.1 Å². The number of aromatic nitrogens is 3. The van der Waals surface area contributed by atoms with E-state index in [1.807, 2.05) is 17.3 Å². The normalized spacial score (nSPS) is 18.2. The molecule has 6 heteroatoms. The fraction of sp³-hybridized carbons (Fsp3) is 0.333. The number of hydrogen-bond donors (Lipinski definition) is 0. The summed E-state index contributed by atoms with van der Waals surface area (Å²) in [6.07, 6.45) is 5.30. The van der Waals surface area contributed by atoms with Crippen molar-refractivity contribution >= 4 is 16.7 Å². The van der Waals surface area contributed by atoms with Crippen LogP contribution in [0.3, 0.4) is 0 Å². The predicted molar refractivity (Wildman–Crippen MR) is 87.9 cm³/mol. The molecule has 1 aromatic carbocycles. The number of pyridine rings is 1. The Balaban J connectivity index is 1.55. The van der Waals surface area contributed by atoms with Crippen LogP contribution in [-0.2, 0) is 0 Å². The van der Waals surface area contributed by atoms with E-state index in [4.69, 9.17) is 0 Å². The van der Waals surface area contributed by atoms with Crippen molar-refractivity contribution in [3.05, 3.63) is 48.0 Å². The molecule has 1 saturated carbocycles. The Bertz CT molecular complexity index is 926. The minimum atomic E-state index is -0.796. The summed E-state index contributed by atoms with van der Waals surface area (Å²) in [6, 6.07) is 6.90. The van der Waals surface area contributed by atoms with Crippen molar-refractivity contribution in [3.8, 4) is 5.69 Å². The zero-order valence-corrected chi connectivity index (χ0v) is 13.0. The highest BCUT2D eigenvalue weighted by molar-refractivity contribution is 5.75. The Hall–Kier alpha value is -2.50.